The molecule has 0 bridgehead atoms. The van der Waals surface area contributed by atoms with E-state index < -0.39 is 34.3 Å². The number of fused-ring (bicyclic) bond motifs is 3. The van der Waals surface area contributed by atoms with Crippen molar-refractivity contribution in [2.24, 2.45) is 0 Å². The summed E-state index contributed by atoms with van der Waals surface area (Å²) >= 11 is 1.23. The predicted molar refractivity (Wildman–Crippen MR) is 103 cm³/mol. The molecule has 0 radical (unpaired) electrons. The van der Waals surface area contributed by atoms with Crippen molar-refractivity contribution in [3.8, 4) is 10.6 Å². The zero-order valence-corrected chi connectivity index (χ0v) is 15.2. The van der Waals surface area contributed by atoms with Crippen molar-refractivity contribution in [3.05, 3.63) is 71.9 Å². The van der Waals surface area contributed by atoms with Crippen molar-refractivity contribution in [1.82, 2.24) is 10.2 Å². The Labute approximate surface area is 164 Å². The number of benzene rings is 3. The van der Waals surface area contributed by atoms with Crippen LogP contribution in [0.25, 0.3) is 42.2 Å². The predicted octanol–water partition coefficient (Wildman–Crippen LogP) is 6.96. The molecule has 2 aromatic heterocycles. The normalized spacial score (nSPS) is 12.3. The van der Waals surface area contributed by atoms with Crippen molar-refractivity contribution in [1.29, 1.82) is 0 Å². The van der Waals surface area contributed by atoms with E-state index in [1.807, 2.05) is 24.3 Å². The molecule has 144 valence electrons. The maximum atomic E-state index is 15.4. The molecule has 5 aromatic rings. The van der Waals surface area contributed by atoms with Gasteiger partial charge in [-0.1, -0.05) is 42.5 Å². The van der Waals surface area contributed by atoms with Gasteiger partial charge in [-0.15, -0.1) is 21.5 Å². The van der Waals surface area contributed by atoms with Crippen LogP contribution >= 0.6 is 11.3 Å². The molecule has 2 heterocycles. The quantitative estimate of drug-likeness (QED) is 0.218. The molecule has 0 spiro atoms. The minimum Gasteiger partial charge on any atom is -0.206 e. The maximum absolute atomic E-state index is 15.4. The van der Waals surface area contributed by atoms with E-state index >= 15 is 8.78 Å². The number of aromatic nitrogens is 2. The number of nitrogens with zero attached hydrogens (tertiary/aromatic N) is 2. The summed E-state index contributed by atoms with van der Waals surface area (Å²) in [6.07, 6.45) is -4.99. The van der Waals surface area contributed by atoms with E-state index in [0.29, 0.717) is 4.88 Å². The van der Waals surface area contributed by atoms with Crippen molar-refractivity contribution >= 4 is 43.0 Å². The van der Waals surface area contributed by atoms with Crippen LogP contribution in [0.5, 0.6) is 0 Å². The van der Waals surface area contributed by atoms with Crippen LogP contribution < -0.4 is 0 Å². The van der Waals surface area contributed by atoms with Gasteiger partial charge in [-0.05, 0) is 17.5 Å². The maximum Gasteiger partial charge on any atom is 0.435 e. The minimum absolute atomic E-state index is 0.110. The minimum atomic E-state index is -4.99. The van der Waals surface area contributed by atoms with E-state index in [2.05, 4.69) is 10.2 Å². The van der Waals surface area contributed by atoms with Crippen molar-refractivity contribution in [3.63, 3.8) is 0 Å². The van der Waals surface area contributed by atoms with Crippen molar-refractivity contribution < 1.29 is 22.0 Å². The smallest absolute Gasteiger partial charge is 0.206 e. The SMILES string of the molecule is Fc1c2ccccc2c(F)c2c(C(F)(F)F)nnc(-c3cc4ccccc4s3)c12. The molecular weight excluding hydrogens is 407 g/mol. The lowest BCUT2D eigenvalue weighted by Crippen LogP contribution is -2.12. The molecule has 0 amide bonds. The first-order valence-corrected chi connectivity index (χ1v) is 9.30. The van der Waals surface area contributed by atoms with Gasteiger partial charge in [-0.2, -0.15) is 13.2 Å². The summed E-state index contributed by atoms with van der Waals surface area (Å²) in [6.45, 7) is 0. The molecule has 0 aliphatic heterocycles. The molecule has 5 rings (SSSR count). The van der Waals surface area contributed by atoms with E-state index in [1.165, 1.54) is 35.6 Å². The third kappa shape index (κ3) is 2.66. The Bertz CT molecular complexity index is 1390. The summed E-state index contributed by atoms with van der Waals surface area (Å²) in [5.41, 5.74) is -1.66. The number of rotatable bonds is 1. The van der Waals surface area contributed by atoms with E-state index in [4.69, 9.17) is 0 Å². The van der Waals surface area contributed by atoms with Gasteiger partial charge in [0.2, 0.25) is 0 Å². The zero-order chi connectivity index (χ0) is 20.3. The Morgan fingerprint density at radius 2 is 1.38 bits per heavy atom. The molecule has 8 heteroatoms. The van der Waals surface area contributed by atoms with Crippen molar-refractivity contribution in [2.45, 2.75) is 6.18 Å². The van der Waals surface area contributed by atoms with Gasteiger partial charge in [0.25, 0.3) is 0 Å². The molecule has 2 nitrogen and oxygen atoms in total. The highest BCUT2D eigenvalue weighted by molar-refractivity contribution is 7.22. The Balaban J connectivity index is 1.98. The Hall–Kier alpha value is -3.13. The first kappa shape index (κ1) is 17.9. The lowest BCUT2D eigenvalue weighted by molar-refractivity contribution is -0.140. The third-order valence-corrected chi connectivity index (χ3v) is 5.86. The van der Waals surface area contributed by atoms with E-state index in [9.17, 15) is 13.2 Å². The average Bonchev–Trinajstić information content (AvgIpc) is 3.14. The number of hydrogen-bond acceptors (Lipinski definition) is 3. The second-order valence-electron chi connectivity index (χ2n) is 6.47. The van der Waals surface area contributed by atoms with Crippen LogP contribution in [0.1, 0.15) is 5.69 Å². The fraction of sp³-hybridized carbons (Fsp3) is 0.0476. The highest BCUT2D eigenvalue weighted by Gasteiger charge is 2.38. The van der Waals surface area contributed by atoms with Gasteiger partial charge in [0, 0.05) is 15.5 Å². The highest BCUT2D eigenvalue weighted by atomic mass is 32.1. The molecule has 0 aliphatic rings. The van der Waals surface area contributed by atoms with Crippen LogP contribution in [0.2, 0.25) is 0 Å². The Kier molecular flexibility index (Phi) is 3.82. The molecule has 0 aliphatic carbocycles. The first-order valence-electron chi connectivity index (χ1n) is 8.48. The van der Waals surface area contributed by atoms with E-state index in [1.54, 1.807) is 6.07 Å². The first-order chi connectivity index (χ1) is 13.9. The van der Waals surface area contributed by atoms with Crippen LogP contribution in [0.4, 0.5) is 22.0 Å². The summed E-state index contributed by atoms with van der Waals surface area (Å²) in [5, 5.41) is 5.99. The molecule has 3 aromatic carbocycles. The second-order valence-corrected chi connectivity index (χ2v) is 7.55. The Morgan fingerprint density at radius 1 is 0.759 bits per heavy atom. The van der Waals surface area contributed by atoms with Gasteiger partial charge in [0.1, 0.15) is 17.3 Å². The largest absolute Gasteiger partial charge is 0.435 e. The van der Waals surface area contributed by atoms with E-state index in [0.717, 1.165) is 10.1 Å². The molecule has 0 atom stereocenters. The average molecular weight is 416 g/mol. The molecule has 0 unspecified atom stereocenters. The topological polar surface area (TPSA) is 25.8 Å². The van der Waals surface area contributed by atoms with Crippen molar-refractivity contribution in [2.75, 3.05) is 0 Å². The lowest BCUT2D eigenvalue weighted by atomic mass is 9.99. The van der Waals surface area contributed by atoms with Gasteiger partial charge in [-0.3, -0.25) is 0 Å². The molecular formula is C21H9F5N2S. The summed E-state index contributed by atoms with van der Waals surface area (Å²) in [4.78, 5) is 0.408. The van der Waals surface area contributed by atoms with Crippen LogP contribution in [-0.4, -0.2) is 10.2 Å². The monoisotopic (exact) mass is 416 g/mol. The molecule has 0 fully saturated rings. The number of thiophene rings is 1. The summed E-state index contributed by atoms with van der Waals surface area (Å²) in [7, 11) is 0. The summed E-state index contributed by atoms with van der Waals surface area (Å²) in [6, 6.07) is 14.5. The summed E-state index contributed by atoms with van der Waals surface area (Å²) < 4.78 is 72.1. The number of hydrogen-bond donors (Lipinski definition) is 0. The van der Waals surface area contributed by atoms with Crippen LogP contribution in [0.15, 0.2) is 54.6 Å². The molecule has 0 saturated heterocycles. The number of halogens is 5. The zero-order valence-electron chi connectivity index (χ0n) is 14.4. The summed E-state index contributed by atoms with van der Waals surface area (Å²) in [5.74, 6) is -2.12. The standard InChI is InChI=1S/C21H9F5N2S/c22-17-11-6-2-3-7-12(11)18(23)16-15(17)19(27-28-20(16)21(24,25)26)14-9-10-5-1-4-8-13(10)29-14/h1-9H. The molecule has 29 heavy (non-hydrogen) atoms. The van der Waals surface area contributed by atoms with Crippen LogP contribution in [-0.2, 0) is 6.18 Å². The van der Waals surface area contributed by atoms with E-state index in [-0.39, 0.29) is 16.5 Å². The van der Waals surface area contributed by atoms with Gasteiger partial charge in [0.15, 0.2) is 5.69 Å². The molecule has 0 N–H and O–H groups in total. The fourth-order valence-corrected chi connectivity index (χ4v) is 4.52. The van der Waals surface area contributed by atoms with Crippen LogP contribution in [0.3, 0.4) is 0 Å². The third-order valence-electron chi connectivity index (χ3n) is 4.74. The van der Waals surface area contributed by atoms with Gasteiger partial charge in [-0.25, -0.2) is 8.78 Å². The fourth-order valence-electron chi connectivity index (χ4n) is 3.47. The van der Waals surface area contributed by atoms with Gasteiger partial charge in [0.05, 0.1) is 15.6 Å². The molecule has 0 saturated carbocycles. The lowest BCUT2D eigenvalue weighted by Gasteiger charge is -2.14. The van der Waals surface area contributed by atoms with Gasteiger partial charge >= 0.3 is 6.18 Å². The van der Waals surface area contributed by atoms with Gasteiger partial charge < -0.3 is 0 Å². The number of alkyl halides is 3. The van der Waals surface area contributed by atoms with Crippen LogP contribution in [0, 0.1) is 11.6 Å². The highest BCUT2D eigenvalue weighted by Crippen LogP contribution is 2.43. The Morgan fingerprint density at radius 3 is 2.03 bits per heavy atom. The second kappa shape index (κ2) is 6.18.